The number of halogens is 9. The Morgan fingerprint density at radius 1 is 0.600 bits per heavy atom. The molecule has 0 radical (unpaired) electrons. The van der Waals surface area contributed by atoms with Crippen LogP contribution in [0.15, 0.2) is 36.4 Å². The predicted molar refractivity (Wildman–Crippen MR) is 71.6 cm³/mol. The summed E-state index contributed by atoms with van der Waals surface area (Å²) in [6.07, 6.45) is -15.2. The molecule has 0 aliphatic carbocycles. The van der Waals surface area contributed by atoms with Crippen molar-refractivity contribution in [3.05, 3.63) is 58.7 Å². The third-order valence-electron chi connectivity index (χ3n) is 3.51. The Morgan fingerprint density at radius 2 is 1.04 bits per heavy atom. The Labute approximate surface area is 135 Å². The van der Waals surface area contributed by atoms with Crippen molar-refractivity contribution in [1.29, 1.82) is 0 Å². The van der Waals surface area contributed by atoms with Crippen molar-refractivity contribution in [3.63, 3.8) is 0 Å². The maximum Gasteiger partial charge on any atom is 0.417 e. The van der Waals surface area contributed by atoms with Gasteiger partial charge in [-0.1, -0.05) is 18.2 Å². The van der Waals surface area contributed by atoms with Crippen molar-refractivity contribution < 1.29 is 39.5 Å². The number of hydrogen-bond acceptors (Lipinski definition) is 0. The molecule has 0 spiro atoms. The van der Waals surface area contributed by atoms with Gasteiger partial charge in [-0.3, -0.25) is 0 Å². The second-order valence-electron chi connectivity index (χ2n) is 5.25. The maximum absolute atomic E-state index is 13.1. The number of benzene rings is 2. The Morgan fingerprint density at radius 3 is 1.44 bits per heavy atom. The SMILES string of the molecule is Cc1ccc(-c2c(C(F)(F)F)cccc2C(F)(F)F)cc1C(F)(F)F. The first-order valence-electron chi connectivity index (χ1n) is 6.68. The second-order valence-corrected chi connectivity index (χ2v) is 5.25. The lowest BCUT2D eigenvalue weighted by molar-refractivity contribution is -0.142. The smallest absolute Gasteiger partial charge is 0.166 e. The zero-order valence-corrected chi connectivity index (χ0v) is 12.4. The van der Waals surface area contributed by atoms with Crippen LogP contribution in [-0.4, -0.2) is 0 Å². The molecular weight excluding hydrogens is 363 g/mol. The van der Waals surface area contributed by atoms with E-state index in [1.165, 1.54) is 0 Å². The maximum atomic E-state index is 13.1. The molecule has 0 aliphatic heterocycles. The molecule has 0 nitrogen and oxygen atoms in total. The molecular formula is C16H9F9. The van der Waals surface area contributed by atoms with Crippen LogP contribution in [0, 0.1) is 6.92 Å². The molecule has 2 aromatic rings. The molecule has 0 N–H and O–H groups in total. The summed E-state index contributed by atoms with van der Waals surface area (Å²) in [7, 11) is 0. The molecule has 0 aromatic heterocycles. The predicted octanol–water partition coefficient (Wildman–Crippen LogP) is 6.72. The molecule has 0 atom stereocenters. The van der Waals surface area contributed by atoms with Crippen LogP contribution >= 0.6 is 0 Å². The molecule has 0 fully saturated rings. The number of hydrogen-bond donors (Lipinski definition) is 0. The van der Waals surface area contributed by atoms with E-state index in [9.17, 15) is 39.5 Å². The highest BCUT2D eigenvalue weighted by Crippen LogP contribution is 2.45. The molecule has 2 aromatic carbocycles. The van der Waals surface area contributed by atoms with Crippen molar-refractivity contribution >= 4 is 0 Å². The molecule has 136 valence electrons. The van der Waals surface area contributed by atoms with Gasteiger partial charge in [0.2, 0.25) is 0 Å². The third kappa shape index (κ3) is 3.91. The molecule has 0 amide bonds. The molecule has 9 heteroatoms. The molecule has 0 bridgehead atoms. The van der Waals surface area contributed by atoms with Gasteiger partial charge >= 0.3 is 18.5 Å². The molecule has 0 aliphatic rings. The monoisotopic (exact) mass is 372 g/mol. The minimum absolute atomic E-state index is 0.301. The van der Waals surface area contributed by atoms with E-state index >= 15 is 0 Å². The second kappa shape index (κ2) is 5.96. The molecule has 0 saturated carbocycles. The van der Waals surface area contributed by atoms with E-state index in [1.807, 2.05) is 0 Å². The summed E-state index contributed by atoms with van der Waals surface area (Å²) in [6.45, 7) is 1.06. The lowest BCUT2D eigenvalue weighted by Gasteiger charge is -2.20. The topological polar surface area (TPSA) is 0 Å². The third-order valence-corrected chi connectivity index (χ3v) is 3.51. The van der Waals surface area contributed by atoms with Gasteiger partial charge in [0.15, 0.2) is 0 Å². The molecule has 2 rings (SSSR count). The largest absolute Gasteiger partial charge is 0.417 e. The van der Waals surface area contributed by atoms with Gasteiger partial charge in [0.1, 0.15) is 0 Å². The van der Waals surface area contributed by atoms with Gasteiger partial charge in [0.25, 0.3) is 0 Å². The van der Waals surface area contributed by atoms with Gasteiger partial charge in [-0.15, -0.1) is 0 Å². The lowest BCUT2D eigenvalue weighted by Crippen LogP contribution is -2.15. The zero-order chi connectivity index (χ0) is 19.2. The first-order chi connectivity index (χ1) is 11.2. The minimum Gasteiger partial charge on any atom is -0.166 e. The van der Waals surface area contributed by atoms with Crippen LogP contribution < -0.4 is 0 Å². The van der Waals surface area contributed by atoms with Gasteiger partial charge in [-0.05, 0) is 36.2 Å². The fourth-order valence-electron chi connectivity index (χ4n) is 2.42. The first kappa shape index (κ1) is 19.1. The highest BCUT2D eigenvalue weighted by molar-refractivity contribution is 5.73. The first-order valence-corrected chi connectivity index (χ1v) is 6.68. The average molecular weight is 372 g/mol. The Hall–Kier alpha value is -2.19. The molecule has 25 heavy (non-hydrogen) atoms. The van der Waals surface area contributed by atoms with Crippen LogP contribution in [0.1, 0.15) is 22.3 Å². The number of alkyl halides is 9. The van der Waals surface area contributed by atoms with Crippen molar-refractivity contribution in [1.82, 2.24) is 0 Å². The fraction of sp³-hybridized carbons (Fsp3) is 0.250. The molecule has 0 heterocycles. The van der Waals surface area contributed by atoms with Gasteiger partial charge in [0.05, 0.1) is 16.7 Å². The van der Waals surface area contributed by atoms with Crippen molar-refractivity contribution in [2.75, 3.05) is 0 Å². The van der Waals surface area contributed by atoms with E-state index in [1.54, 1.807) is 0 Å². The summed E-state index contributed by atoms with van der Waals surface area (Å²) < 4.78 is 118. The van der Waals surface area contributed by atoms with Gasteiger partial charge in [0, 0.05) is 5.56 Å². The summed E-state index contributed by atoms with van der Waals surface area (Å²) in [5, 5.41) is 0. The van der Waals surface area contributed by atoms with E-state index in [-0.39, 0.29) is 5.56 Å². The fourth-order valence-corrected chi connectivity index (χ4v) is 2.42. The van der Waals surface area contributed by atoms with Gasteiger partial charge in [-0.2, -0.15) is 39.5 Å². The van der Waals surface area contributed by atoms with E-state index in [2.05, 4.69) is 0 Å². The van der Waals surface area contributed by atoms with Crippen LogP contribution in [-0.2, 0) is 18.5 Å². The molecule has 0 saturated heterocycles. The summed E-state index contributed by atoms with van der Waals surface area (Å²) in [6, 6.07) is 3.31. The average Bonchev–Trinajstić information content (AvgIpc) is 2.44. The number of aryl methyl sites for hydroxylation is 1. The summed E-state index contributed by atoms with van der Waals surface area (Å²) >= 11 is 0. The van der Waals surface area contributed by atoms with Crippen LogP contribution in [0.25, 0.3) is 11.1 Å². The summed E-state index contributed by atoms with van der Waals surface area (Å²) in [5.74, 6) is 0. The van der Waals surface area contributed by atoms with Crippen LogP contribution in [0.5, 0.6) is 0 Å². The standard InChI is InChI=1S/C16H9F9/c1-8-5-6-9(7-12(8)16(23,24)25)13-10(14(17,18)19)3-2-4-11(13)15(20,21)22/h2-7H,1H3. The quantitative estimate of drug-likeness (QED) is 0.488. The van der Waals surface area contributed by atoms with E-state index < -0.39 is 46.3 Å². The Kier molecular flexibility index (Phi) is 4.56. The summed E-state index contributed by atoms with van der Waals surface area (Å²) in [4.78, 5) is 0. The zero-order valence-electron chi connectivity index (χ0n) is 12.4. The highest BCUT2D eigenvalue weighted by Gasteiger charge is 2.41. The highest BCUT2D eigenvalue weighted by atomic mass is 19.4. The summed E-state index contributed by atoms with van der Waals surface area (Å²) in [5.41, 5.74) is -7.05. The van der Waals surface area contributed by atoms with Crippen LogP contribution in [0.4, 0.5) is 39.5 Å². The lowest BCUT2D eigenvalue weighted by atomic mass is 9.91. The van der Waals surface area contributed by atoms with Crippen LogP contribution in [0.3, 0.4) is 0 Å². The van der Waals surface area contributed by atoms with Crippen LogP contribution in [0.2, 0.25) is 0 Å². The van der Waals surface area contributed by atoms with Crippen molar-refractivity contribution in [2.24, 2.45) is 0 Å². The molecule has 0 unspecified atom stereocenters. The number of rotatable bonds is 1. The van der Waals surface area contributed by atoms with Crippen molar-refractivity contribution in [2.45, 2.75) is 25.5 Å². The van der Waals surface area contributed by atoms with Gasteiger partial charge < -0.3 is 0 Å². The Balaban J connectivity index is 2.87. The Bertz CT molecular complexity index is 747. The van der Waals surface area contributed by atoms with E-state index in [4.69, 9.17) is 0 Å². The van der Waals surface area contributed by atoms with Gasteiger partial charge in [-0.25, -0.2) is 0 Å². The minimum atomic E-state index is -5.17. The normalized spacial score (nSPS) is 13.2. The van der Waals surface area contributed by atoms with E-state index in [0.29, 0.717) is 24.3 Å². The van der Waals surface area contributed by atoms with Crippen molar-refractivity contribution in [3.8, 4) is 11.1 Å². The van der Waals surface area contributed by atoms with E-state index in [0.717, 1.165) is 19.1 Å².